The maximum absolute atomic E-state index is 13.5. The number of carbonyl (C=O) groups is 1. The first kappa shape index (κ1) is 20.3. The van der Waals surface area contributed by atoms with Crippen molar-refractivity contribution < 1.29 is 28.9 Å². The Balaban J connectivity index is 1.73. The highest BCUT2D eigenvalue weighted by Gasteiger charge is 2.58. The van der Waals surface area contributed by atoms with E-state index < -0.39 is 11.3 Å². The molecule has 1 amide bonds. The molecule has 158 valence electrons. The number of carbonyl (C=O) groups excluding carboxylic acids is 1. The monoisotopic (exact) mass is 403 g/mol. The van der Waals surface area contributed by atoms with E-state index in [9.17, 15) is 9.90 Å². The number of hydrogen-bond donors (Lipinski definition) is 1. The van der Waals surface area contributed by atoms with E-state index in [1.165, 1.54) is 5.06 Å². The third kappa shape index (κ3) is 3.26. The van der Waals surface area contributed by atoms with Crippen molar-refractivity contribution >= 4 is 11.5 Å². The van der Waals surface area contributed by atoms with Gasteiger partial charge in [0.25, 0.3) is 5.91 Å². The fraction of sp³-hybridized carbons (Fsp3) is 0.591. The topological polar surface area (TPSA) is 77.5 Å². The number of methoxy groups -OCH3 is 1. The first-order valence-electron chi connectivity index (χ1n) is 10.2. The van der Waals surface area contributed by atoms with E-state index in [4.69, 9.17) is 19.0 Å². The zero-order chi connectivity index (χ0) is 20.6. The highest BCUT2D eigenvalue weighted by atomic mass is 16.7. The minimum Gasteiger partial charge on any atom is -0.509 e. The number of amides is 1. The lowest BCUT2D eigenvalue weighted by Gasteiger charge is -2.45. The zero-order valence-corrected chi connectivity index (χ0v) is 17.3. The molecular weight excluding hydrogens is 374 g/mol. The van der Waals surface area contributed by atoms with Crippen molar-refractivity contribution in [3.05, 3.63) is 40.6 Å². The van der Waals surface area contributed by atoms with Crippen LogP contribution in [0.1, 0.15) is 42.4 Å². The third-order valence-corrected chi connectivity index (χ3v) is 6.36. The van der Waals surface area contributed by atoms with Gasteiger partial charge in [0, 0.05) is 20.0 Å². The van der Waals surface area contributed by atoms with Gasteiger partial charge in [0.1, 0.15) is 11.3 Å². The Morgan fingerprint density at radius 3 is 2.28 bits per heavy atom. The molecule has 1 aromatic rings. The summed E-state index contributed by atoms with van der Waals surface area (Å²) in [5.41, 5.74) is 2.10. The average Bonchev–Trinajstić information content (AvgIpc) is 3.23. The van der Waals surface area contributed by atoms with Crippen molar-refractivity contribution in [2.45, 2.75) is 50.9 Å². The standard InChI is InChI=1S/C22H29NO6/c1-15-5-4-6-16(2)17(15)18-19(24)21(23(20(18)25)29-14-11-26-3)7-9-22(10-8-21)27-12-13-28-22/h4-6,24H,7-14H2,1-3H3. The molecule has 1 aromatic carbocycles. The van der Waals surface area contributed by atoms with Crippen molar-refractivity contribution in [1.82, 2.24) is 5.06 Å². The van der Waals surface area contributed by atoms with Crippen molar-refractivity contribution in [3.63, 3.8) is 0 Å². The fourth-order valence-electron chi connectivity index (χ4n) is 4.82. The number of benzene rings is 1. The fourth-order valence-corrected chi connectivity index (χ4v) is 4.82. The Labute approximate surface area is 171 Å². The summed E-state index contributed by atoms with van der Waals surface area (Å²) in [6.07, 6.45) is 2.20. The lowest BCUT2D eigenvalue weighted by Crippen LogP contribution is -2.54. The van der Waals surface area contributed by atoms with E-state index >= 15 is 0 Å². The molecule has 4 rings (SSSR count). The summed E-state index contributed by atoms with van der Waals surface area (Å²) in [4.78, 5) is 19.4. The number of aliphatic hydroxyl groups is 1. The number of ether oxygens (including phenoxy) is 3. The Hall–Kier alpha value is -1.93. The summed E-state index contributed by atoms with van der Waals surface area (Å²) in [5.74, 6) is -0.820. The van der Waals surface area contributed by atoms with Gasteiger partial charge in [-0.3, -0.25) is 9.63 Å². The lowest BCUT2D eigenvalue weighted by atomic mass is 9.77. The molecule has 0 bridgehead atoms. The summed E-state index contributed by atoms with van der Waals surface area (Å²) in [7, 11) is 1.59. The van der Waals surface area contributed by atoms with Gasteiger partial charge in [-0.15, -0.1) is 0 Å². The predicted octanol–water partition coefficient (Wildman–Crippen LogP) is 3.05. The van der Waals surface area contributed by atoms with Crippen LogP contribution in [0.5, 0.6) is 0 Å². The molecule has 1 N–H and O–H groups in total. The van der Waals surface area contributed by atoms with E-state index in [-0.39, 0.29) is 18.3 Å². The van der Waals surface area contributed by atoms with Crippen LogP contribution >= 0.6 is 0 Å². The number of nitrogens with zero attached hydrogens (tertiary/aromatic N) is 1. The van der Waals surface area contributed by atoms with Gasteiger partial charge in [-0.05, 0) is 43.4 Å². The summed E-state index contributed by atoms with van der Waals surface area (Å²) >= 11 is 0. The normalized spacial score (nSPS) is 23.0. The molecule has 2 fully saturated rings. The molecule has 2 aliphatic heterocycles. The van der Waals surface area contributed by atoms with Gasteiger partial charge >= 0.3 is 0 Å². The second-order valence-electron chi connectivity index (χ2n) is 8.06. The summed E-state index contributed by atoms with van der Waals surface area (Å²) < 4.78 is 16.8. The summed E-state index contributed by atoms with van der Waals surface area (Å²) in [6.45, 7) is 5.65. The van der Waals surface area contributed by atoms with Gasteiger partial charge < -0.3 is 19.3 Å². The van der Waals surface area contributed by atoms with Crippen LogP contribution in [0.2, 0.25) is 0 Å². The van der Waals surface area contributed by atoms with E-state index in [2.05, 4.69) is 0 Å². The van der Waals surface area contributed by atoms with Gasteiger partial charge in [-0.1, -0.05) is 18.2 Å². The minimum atomic E-state index is -0.907. The van der Waals surface area contributed by atoms with Gasteiger partial charge in [0.2, 0.25) is 0 Å². The van der Waals surface area contributed by atoms with Crippen LogP contribution in [0, 0.1) is 13.8 Å². The van der Waals surface area contributed by atoms with E-state index in [1.54, 1.807) is 7.11 Å². The summed E-state index contributed by atoms with van der Waals surface area (Å²) in [5, 5.41) is 12.8. The van der Waals surface area contributed by atoms with Crippen LogP contribution in [-0.2, 0) is 23.8 Å². The van der Waals surface area contributed by atoms with Crippen LogP contribution in [0.25, 0.3) is 5.57 Å². The van der Waals surface area contributed by atoms with Gasteiger partial charge in [-0.2, -0.15) is 0 Å². The highest BCUT2D eigenvalue weighted by Crippen LogP contribution is 2.51. The molecule has 7 heteroatoms. The minimum absolute atomic E-state index is 0.0881. The highest BCUT2D eigenvalue weighted by molar-refractivity contribution is 6.23. The molecule has 1 saturated heterocycles. The average molecular weight is 403 g/mol. The van der Waals surface area contributed by atoms with Crippen LogP contribution in [0.15, 0.2) is 24.0 Å². The Morgan fingerprint density at radius 1 is 1.07 bits per heavy atom. The van der Waals surface area contributed by atoms with Gasteiger partial charge in [0.05, 0.1) is 32.0 Å². The molecule has 1 saturated carbocycles. The molecular formula is C22H29NO6. The lowest BCUT2D eigenvalue weighted by molar-refractivity contribution is -0.243. The molecule has 2 heterocycles. The number of aliphatic hydroxyl groups excluding tert-OH is 1. The Bertz CT molecular complexity index is 796. The predicted molar refractivity (Wildman–Crippen MR) is 106 cm³/mol. The van der Waals surface area contributed by atoms with Crippen molar-refractivity contribution in [2.75, 3.05) is 33.5 Å². The number of aryl methyl sites for hydroxylation is 2. The Kier molecular flexibility index (Phi) is 5.42. The number of hydrogen-bond acceptors (Lipinski definition) is 6. The molecule has 0 aromatic heterocycles. The maximum Gasteiger partial charge on any atom is 0.282 e. The zero-order valence-electron chi connectivity index (χ0n) is 17.3. The molecule has 3 aliphatic rings. The van der Waals surface area contributed by atoms with Crippen molar-refractivity contribution in [3.8, 4) is 0 Å². The second-order valence-corrected chi connectivity index (χ2v) is 8.06. The van der Waals surface area contributed by atoms with Crippen molar-refractivity contribution in [1.29, 1.82) is 0 Å². The number of hydroxylamine groups is 2. The summed E-state index contributed by atoms with van der Waals surface area (Å²) in [6, 6.07) is 5.85. The third-order valence-electron chi connectivity index (χ3n) is 6.36. The maximum atomic E-state index is 13.5. The molecule has 29 heavy (non-hydrogen) atoms. The molecule has 0 atom stereocenters. The van der Waals surface area contributed by atoms with Gasteiger partial charge in [-0.25, -0.2) is 5.06 Å². The van der Waals surface area contributed by atoms with Crippen LogP contribution in [0.3, 0.4) is 0 Å². The smallest absolute Gasteiger partial charge is 0.282 e. The van der Waals surface area contributed by atoms with E-state index in [1.807, 2.05) is 32.0 Å². The van der Waals surface area contributed by atoms with Crippen LogP contribution < -0.4 is 0 Å². The van der Waals surface area contributed by atoms with Crippen molar-refractivity contribution in [2.24, 2.45) is 0 Å². The first-order chi connectivity index (χ1) is 13.9. The molecule has 7 nitrogen and oxygen atoms in total. The molecule has 1 aliphatic carbocycles. The number of rotatable bonds is 5. The first-order valence-corrected chi connectivity index (χ1v) is 10.2. The van der Waals surface area contributed by atoms with E-state index in [0.29, 0.717) is 51.1 Å². The Morgan fingerprint density at radius 2 is 1.69 bits per heavy atom. The molecule has 0 radical (unpaired) electrons. The quantitative estimate of drug-likeness (QED) is 0.762. The molecule has 2 spiro atoms. The van der Waals surface area contributed by atoms with Crippen LogP contribution in [0.4, 0.5) is 0 Å². The van der Waals surface area contributed by atoms with Crippen LogP contribution in [-0.4, -0.2) is 60.9 Å². The van der Waals surface area contributed by atoms with Gasteiger partial charge in [0.15, 0.2) is 5.79 Å². The molecule has 0 unspecified atom stereocenters. The largest absolute Gasteiger partial charge is 0.509 e. The second kappa shape index (κ2) is 7.72. The SMILES string of the molecule is COCCON1C(=O)C(c2c(C)cccc2C)=C(O)C12CCC1(CC2)OCCO1. The van der Waals surface area contributed by atoms with E-state index in [0.717, 1.165) is 16.7 Å².